The van der Waals surface area contributed by atoms with Gasteiger partial charge in [-0.1, -0.05) is 6.07 Å². The maximum Gasteiger partial charge on any atom is 0.166 e. The highest BCUT2D eigenvalue weighted by Gasteiger charge is 2.28. The minimum atomic E-state index is -0.555. The summed E-state index contributed by atoms with van der Waals surface area (Å²) in [5, 5.41) is 8.80. The van der Waals surface area contributed by atoms with E-state index in [-0.39, 0.29) is 37.5 Å². The van der Waals surface area contributed by atoms with Gasteiger partial charge in [-0.25, -0.2) is 9.37 Å². The predicted molar refractivity (Wildman–Crippen MR) is 113 cm³/mol. The Bertz CT molecular complexity index is 1030. The first-order valence-electron chi connectivity index (χ1n) is 9.27. The molecular weight excluding hydrogens is 389 g/mol. The van der Waals surface area contributed by atoms with Crippen LogP contribution in [0, 0.1) is 17.1 Å². The molecule has 0 radical (unpaired) electrons. The van der Waals surface area contributed by atoms with E-state index in [1.807, 2.05) is 49.7 Å². The quantitative estimate of drug-likeness (QED) is 0.564. The predicted octanol–water partition coefficient (Wildman–Crippen LogP) is 4.72. The number of hydrogen-bond acceptors (Lipinski definition) is 4. The van der Waals surface area contributed by atoms with Gasteiger partial charge in [0.2, 0.25) is 0 Å². The highest BCUT2D eigenvalue weighted by atomic mass is 32.1. The molecule has 29 heavy (non-hydrogen) atoms. The van der Waals surface area contributed by atoms with Crippen molar-refractivity contribution >= 4 is 13.5 Å². The largest absolute Gasteiger partial charge is 0.490 e. The van der Waals surface area contributed by atoms with Gasteiger partial charge in [0.05, 0.1) is 17.3 Å². The van der Waals surface area contributed by atoms with Crippen LogP contribution >= 0.6 is 13.5 Å². The van der Waals surface area contributed by atoms with Gasteiger partial charge in [0.15, 0.2) is 11.6 Å². The van der Waals surface area contributed by atoms with Gasteiger partial charge in [-0.2, -0.15) is 18.8 Å². The molecule has 0 amide bonds. The first-order chi connectivity index (χ1) is 13.6. The Morgan fingerprint density at radius 3 is 2.83 bits per heavy atom. The zero-order valence-corrected chi connectivity index (χ0v) is 17.0. The number of ether oxygens (including phenoxy) is 2. The maximum atomic E-state index is 14.0. The molecule has 1 fully saturated rings. The molecular formula is C22H22FN3O2S. The molecule has 1 aliphatic carbocycles. The van der Waals surface area contributed by atoms with Crippen molar-refractivity contribution in [1.29, 1.82) is 5.26 Å². The molecule has 0 spiro atoms. The van der Waals surface area contributed by atoms with Crippen molar-refractivity contribution < 1.29 is 13.9 Å². The second-order valence-electron chi connectivity index (χ2n) is 6.92. The number of aromatic nitrogens is 2. The number of rotatable bonds is 7. The van der Waals surface area contributed by atoms with E-state index in [1.165, 1.54) is 25.0 Å². The van der Waals surface area contributed by atoms with E-state index in [2.05, 4.69) is 9.55 Å². The van der Waals surface area contributed by atoms with Gasteiger partial charge < -0.3 is 14.0 Å². The minimum Gasteiger partial charge on any atom is -0.490 e. The molecule has 0 aliphatic heterocycles. The van der Waals surface area contributed by atoms with Crippen molar-refractivity contribution in [3.8, 4) is 23.3 Å². The monoisotopic (exact) mass is 411 g/mol. The number of imidazole rings is 1. The molecule has 1 aromatic heterocycles. The average molecular weight is 412 g/mol. The first kappa shape index (κ1) is 20.7. The molecule has 1 saturated carbocycles. The summed E-state index contributed by atoms with van der Waals surface area (Å²) in [7, 11) is 0. The summed E-state index contributed by atoms with van der Waals surface area (Å²) in [6.07, 6.45) is 5.80. The lowest BCUT2D eigenvalue weighted by Crippen LogP contribution is -2.21. The highest BCUT2D eigenvalue weighted by molar-refractivity contribution is 7.59. The van der Waals surface area contributed by atoms with E-state index < -0.39 is 5.82 Å². The average Bonchev–Trinajstić information content (AvgIpc) is 3.44. The summed E-state index contributed by atoms with van der Waals surface area (Å²) in [5.41, 5.74) is 1.26. The maximum absolute atomic E-state index is 14.0. The van der Waals surface area contributed by atoms with Gasteiger partial charge in [0, 0.05) is 24.4 Å². The fourth-order valence-electron chi connectivity index (χ4n) is 3.03. The third-order valence-corrected chi connectivity index (χ3v) is 4.58. The summed E-state index contributed by atoms with van der Waals surface area (Å²) >= 11 is 0. The van der Waals surface area contributed by atoms with Crippen LogP contribution in [0.15, 0.2) is 54.9 Å². The van der Waals surface area contributed by atoms with E-state index >= 15 is 0 Å². The van der Waals surface area contributed by atoms with Gasteiger partial charge in [-0.3, -0.25) is 0 Å². The van der Waals surface area contributed by atoms with Crippen LogP contribution in [0.25, 0.3) is 5.69 Å². The fraction of sp³-hybridized carbons (Fsp3) is 0.273. The third kappa shape index (κ3) is 4.90. The van der Waals surface area contributed by atoms with Crippen molar-refractivity contribution in [3.63, 3.8) is 0 Å². The van der Waals surface area contributed by atoms with Gasteiger partial charge in [-0.15, -0.1) is 0 Å². The number of hydrogen-bond donors (Lipinski definition) is 0. The van der Waals surface area contributed by atoms with Crippen LogP contribution in [0.1, 0.15) is 37.1 Å². The second-order valence-corrected chi connectivity index (χ2v) is 6.92. The molecule has 2 aromatic carbocycles. The van der Waals surface area contributed by atoms with E-state index in [4.69, 9.17) is 14.7 Å². The van der Waals surface area contributed by atoms with Crippen molar-refractivity contribution in [2.45, 2.75) is 31.8 Å². The Labute approximate surface area is 176 Å². The third-order valence-electron chi connectivity index (χ3n) is 4.58. The number of nitrogens with zero attached hydrogens (tertiary/aromatic N) is 3. The summed E-state index contributed by atoms with van der Waals surface area (Å²) in [5.74, 6) is 1.90. The van der Waals surface area contributed by atoms with Crippen LogP contribution in [0.2, 0.25) is 0 Å². The lowest BCUT2D eigenvalue weighted by Gasteiger charge is -2.17. The smallest absolute Gasteiger partial charge is 0.166 e. The summed E-state index contributed by atoms with van der Waals surface area (Å²) in [6, 6.07) is 13.8. The van der Waals surface area contributed by atoms with Crippen LogP contribution in [0.5, 0.6) is 11.5 Å². The minimum absolute atomic E-state index is 0. The number of nitriles is 1. The van der Waals surface area contributed by atoms with E-state index in [1.54, 1.807) is 0 Å². The Balaban J connectivity index is 0.00000240. The van der Waals surface area contributed by atoms with Crippen molar-refractivity contribution in [2.75, 3.05) is 6.61 Å². The molecule has 0 unspecified atom stereocenters. The molecule has 0 bridgehead atoms. The number of benzene rings is 2. The highest BCUT2D eigenvalue weighted by Crippen LogP contribution is 2.40. The second kappa shape index (κ2) is 9.01. The normalized spacial score (nSPS) is 13.8. The summed E-state index contributed by atoms with van der Waals surface area (Å²) in [6.45, 7) is 2.07. The molecule has 7 heteroatoms. The first-order valence-corrected chi connectivity index (χ1v) is 9.27. The van der Waals surface area contributed by atoms with E-state index in [0.29, 0.717) is 11.7 Å². The van der Waals surface area contributed by atoms with Gasteiger partial charge in [0.1, 0.15) is 24.3 Å². The zero-order valence-electron chi connectivity index (χ0n) is 16.0. The van der Waals surface area contributed by atoms with Crippen molar-refractivity contribution in [3.05, 3.63) is 72.1 Å². The molecule has 4 rings (SSSR count). The molecule has 0 N–H and O–H groups in total. The molecule has 3 aromatic rings. The van der Waals surface area contributed by atoms with Gasteiger partial charge >= 0.3 is 0 Å². The summed E-state index contributed by atoms with van der Waals surface area (Å²) in [4.78, 5) is 4.47. The SMILES string of the molecule is C[C@@H](COc1cccc(-n2ccnc2C2CC2)c1)Oc1ccc(C#N)cc1F.S. The molecule has 0 saturated heterocycles. The molecule has 5 nitrogen and oxygen atoms in total. The Hall–Kier alpha value is -2.98. The van der Waals surface area contributed by atoms with Crippen molar-refractivity contribution in [1.82, 2.24) is 9.55 Å². The topological polar surface area (TPSA) is 60.1 Å². The van der Waals surface area contributed by atoms with E-state index in [0.717, 1.165) is 17.6 Å². The molecule has 1 atom stereocenters. The van der Waals surface area contributed by atoms with Crippen LogP contribution in [0.4, 0.5) is 4.39 Å². The van der Waals surface area contributed by atoms with Crippen LogP contribution in [-0.2, 0) is 0 Å². The molecule has 1 heterocycles. The Kier molecular flexibility index (Phi) is 6.45. The van der Waals surface area contributed by atoms with Gasteiger partial charge in [-0.05, 0) is 50.1 Å². The Morgan fingerprint density at radius 1 is 1.28 bits per heavy atom. The fourth-order valence-corrected chi connectivity index (χ4v) is 3.03. The van der Waals surface area contributed by atoms with Crippen LogP contribution in [-0.4, -0.2) is 22.3 Å². The summed E-state index contributed by atoms with van der Waals surface area (Å²) < 4.78 is 27.5. The lowest BCUT2D eigenvalue weighted by molar-refractivity contribution is 0.138. The number of halogens is 1. The van der Waals surface area contributed by atoms with E-state index in [9.17, 15) is 4.39 Å². The zero-order chi connectivity index (χ0) is 19.5. The molecule has 1 aliphatic rings. The van der Waals surface area contributed by atoms with Crippen LogP contribution < -0.4 is 9.47 Å². The molecule has 150 valence electrons. The van der Waals surface area contributed by atoms with Crippen molar-refractivity contribution in [2.24, 2.45) is 0 Å². The lowest BCUT2D eigenvalue weighted by atomic mass is 10.2. The Morgan fingerprint density at radius 2 is 2.10 bits per heavy atom. The standard InChI is InChI=1S/C22H20FN3O2.H2S/c1-15(28-21-8-5-16(13-24)11-20(21)23)14-27-19-4-2-3-18(12-19)26-10-9-25-22(26)17-6-7-17;/h2-5,8-12,15,17H,6-7,14H2,1H3;1H2/t15-;/m0./s1. The van der Waals surface area contributed by atoms with Gasteiger partial charge in [0.25, 0.3) is 0 Å². The van der Waals surface area contributed by atoms with Crippen LogP contribution in [0.3, 0.4) is 0 Å².